The second kappa shape index (κ2) is 8.53. The summed E-state index contributed by atoms with van der Waals surface area (Å²) in [6.07, 6.45) is 4.09. The fraction of sp³-hybridized carbons (Fsp3) is 1.00. The first-order valence-corrected chi connectivity index (χ1v) is 8.61. The molecule has 3 heteroatoms. The number of halogens is 1. The van der Waals surface area contributed by atoms with Crippen LogP contribution in [0.1, 0.15) is 33.1 Å². The first kappa shape index (κ1) is 11.4. The Kier molecular flexibility index (Phi) is 9.75. The zero-order chi connectivity index (χ0) is 7.82. The van der Waals surface area contributed by atoms with Gasteiger partial charge in [-0.15, -0.1) is 0 Å². The van der Waals surface area contributed by atoms with Gasteiger partial charge >= 0.3 is 0 Å². The summed E-state index contributed by atoms with van der Waals surface area (Å²) in [6, 6.07) is 0. The van der Waals surface area contributed by atoms with Crippen LogP contribution in [0.4, 0.5) is 0 Å². The monoisotopic (exact) mass is 290 g/mol. The normalized spacial score (nSPS) is 13.5. The van der Waals surface area contributed by atoms with Crippen molar-refractivity contribution in [2.24, 2.45) is 5.92 Å². The minimum Gasteiger partial charge on any atom is -0.0828 e. The van der Waals surface area contributed by atoms with Gasteiger partial charge in [-0.25, -0.2) is 0 Å². The van der Waals surface area contributed by atoms with E-state index in [1.807, 2.05) is 18.8 Å². The predicted molar refractivity (Wildman–Crippen MR) is 62.8 cm³/mol. The van der Waals surface area contributed by atoms with Crippen molar-refractivity contribution in [3.8, 4) is 0 Å². The van der Waals surface area contributed by atoms with Crippen molar-refractivity contribution in [2.45, 2.75) is 33.1 Å². The van der Waals surface area contributed by atoms with Crippen molar-refractivity contribution in [3.63, 3.8) is 0 Å². The maximum absolute atomic E-state index is 2.35. The highest BCUT2D eigenvalue weighted by Crippen LogP contribution is 2.32. The fourth-order valence-corrected chi connectivity index (χ4v) is 3.63. The smallest absolute Gasteiger partial charge is 0.00850 e. The number of hydrogen-bond acceptors (Lipinski definition) is 2. The molecule has 0 fully saturated rings. The Morgan fingerprint density at radius 1 is 1.40 bits per heavy atom. The molecule has 0 aliphatic carbocycles. The van der Waals surface area contributed by atoms with Gasteiger partial charge in [0.1, 0.15) is 0 Å². The minimum atomic E-state index is 0.956. The molecule has 0 radical (unpaired) electrons. The van der Waals surface area contributed by atoms with Gasteiger partial charge in [0.2, 0.25) is 0 Å². The highest BCUT2D eigenvalue weighted by Gasteiger charge is 2.03. The topological polar surface area (TPSA) is 0 Å². The van der Waals surface area contributed by atoms with Crippen LogP contribution in [0, 0.1) is 5.92 Å². The fourth-order valence-electron chi connectivity index (χ4n) is 0.935. The van der Waals surface area contributed by atoms with Gasteiger partial charge in [-0.2, -0.15) is 0 Å². The summed E-state index contributed by atoms with van der Waals surface area (Å²) in [7, 11) is 3.84. The molecule has 0 nitrogen and oxygen atoms in total. The van der Waals surface area contributed by atoms with E-state index in [9.17, 15) is 0 Å². The van der Waals surface area contributed by atoms with Crippen LogP contribution in [0.5, 0.6) is 0 Å². The molecule has 0 rings (SSSR count). The molecule has 0 saturated carbocycles. The lowest BCUT2D eigenvalue weighted by atomic mass is 10.0. The summed E-state index contributed by atoms with van der Waals surface area (Å²) in [4.78, 5) is 0. The lowest BCUT2D eigenvalue weighted by molar-refractivity contribution is 0.518. The van der Waals surface area contributed by atoms with E-state index in [2.05, 4.69) is 35.1 Å². The van der Waals surface area contributed by atoms with Crippen molar-refractivity contribution < 1.29 is 0 Å². The van der Waals surface area contributed by atoms with Gasteiger partial charge in [-0.3, -0.25) is 0 Å². The molecule has 0 N–H and O–H groups in total. The number of hydrogen-bond donors (Lipinski definition) is 0. The van der Waals surface area contributed by atoms with Crippen molar-refractivity contribution in [2.75, 3.05) is 5.75 Å². The first-order valence-electron chi connectivity index (χ1n) is 3.75. The van der Waals surface area contributed by atoms with Gasteiger partial charge < -0.3 is 0 Å². The molecule has 0 amide bonds. The Morgan fingerprint density at radius 2 is 2.10 bits per heavy atom. The van der Waals surface area contributed by atoms with E-state index in [4.69, 9.17) is 0 Å². The molecular weight excluding hydrogens is 275 g/mol. The molecule has 0 bridgehead atoms. The zero-order valence-corrected chi connectivity index (χ0v) is 10.4. The van der Waals surface area contributed by atoms with Gasteiger partial charge in [-0.05, 0) is 20.3 Å². The third-order valence-electron chi connectivity index (χ3n) is 1.62. The van der Waals surface area contributed by atoms with E-state index in [1.165, 1.54) is 25.0 Å². The highest BCUT2D eigenvalue weighted by molar-refractivity contribution is 14.2. The van der Waals surface area contributed by atoms with Crippen LogP contribution in [-0.4, -0.2) is 5.75 Å². The van der Waals surface area contributed by atoms with Crippen LogP contribution in [0.25, 0.3) is 0 Å². The standard InChI is InChI=1S/C7H15IS2/c1-3-5-7(4-2)6-9-10-8/h7H,3-6H2,1-2H3/t7-/m1/s1. The average molecular weight is 290 g/mol. The summed E-state index contributed by atoms with van der Waals surface area (Å²) in [5, 5.41) is 0. The Morgan fingerprint density at radius 3 is 2.50 bits per heavy atom. The van der Waals surface area contributed by atoms with E-state index in [-0.39, 0.29) is 0 Å². The summed E-state index contributed by atoms with van der Waals surface area (Å²) in [5.41, 5.74) is 0. The molecule has 1 atom stereocenters. The molecule has 0 saturated heterocycles. The summed E-state index contributed by atoms with van der Waals surface area (Å²) in [6.45, 7) is 4.56. The van der Waals surface area contributed by atoms with Crippen molar-refractivity contribution in [1.29, 1.82) is 0 Å². The molecular formula is C7H15IS2. The second-order valence-corrected chi connectivity index (χ2v) is 7.43. The van der Waals surface area contributed by atoms with E-state index in [0.717, 1.165) is 5.92 Å². The SMILES string of the molecule is CCC[C@@H](CC)CSSI. The van der Waals surface area contributed by atoms with Crippen LogP contribution < -0.4 is 0 Å². The van der Waals surface area contributed by atoms with Crippen LogP contribution in [0.2, 0.25) is 0 Å². The molecule has 0 heterocycles. The zero-order valence-electron chi connectivity index (χ0n) is 6.60. The molecule has 0 spiro atoms. The second-order valence-electron chi connectivity index (χ2n) is 2.41. The Bertz CT molecular complexity index is 68.6. The van der Waals surface area contributed by atoms with Gasteiger partial charge in [0, 0.05) is 27.0 Å². The Hall–Kier alpha value is 1.43. The third-order valence-corrected chi connectivity index (χ3v) is 5.28. The van der Waals surface area contributed by atoms with E-state index in [0.29, 0.717) is 0 Å². The summed E-state index contributed by atoms with van der Waals surface area (Å²) >= 11 is 2.35. The molecule has 62 valence electrons. The van der Waals surface area contributed by atoms with Crippen LogP contribution in [-0.2, 0) is 0 Å². The van der Waals surface area contributed by atoms with E-state index >= 15 is 0 Å². The quantitative estimate of drug-likeness (QED) is 0.520. The Balaban J connectivity index is 3.21. The largest absolute Gasteiger partial charge is 0.0828 e. The van der Waals surface area contributed by atoms with Crippen molar-refractivity contribution in [1.82, 2.24) is 0 Å². The Labute approximate surface area is 84.3 Å². The van der Waals surface area contributed by atoms with Crippen molar-refractivity contribution in [3.05, 3.63) is 0 Å². The van der Waals surface area contributed by atoms with Gasteiger partial charge in [0.05, 0.1) is 0 Å². The van der Waals surface area contributed by atoms with Gasteiger partial charge in [-0.1, -0.05) is 37.5 Å². The maximum Gasteiger partial charge on any atom is 0.00850 e. The van der Waals surface area contributed by atoms with Crippen molar-refractivity contribution >= 4 is 40.0 Å². The average Bonchev–Trinajstić information content (AvgIpc) is 1.98. The maximum atomic E-state index is 2.35. The summed E-state index contributed by atoms with van der Waals surface area (Å²) < 4.78 is 0. The summed E-state index contributed by atoms with van der Waals surface area (Å²) in [5.74, 6) is 2.29. The van der Waals surface area contributed by atoms with Crippen LogP contribution in [0.15, 0.2) is 0 Å². The van der Waals surface area contributed by atoms with E-state index < -0.39 is 0 Å². The molecule has 0 aliphatic heterocycles. The van der Waals surface area contributed by atoms with E-state index in [1.54, 1.807) is 0 Å². The third kappa shape index (κ3) is 6.16. The minimum absolute atomic E-state index is 0.956. The lowest BCUT2D eigenvalue weighted by Crippen LogP contribution is -1.99. The number of rotatable bonds is 6. The lowest BCUT2D eigenvalue weighted by Gasteiger charge is -2.10. The highest BCUT2D eigenvalue weighted by atomic mass is 127. The van der Waals surface area contributed by atoms with Gasteiger partial charge in [0.25, 0.3) is 0 Å². The molecule has 0 aromatic heterocycles. The molecule has 0 aliphatic rings. The van der Waals surface area contributed by atoms with Crippen LogP contribution in [0.3, 0.4) is 0 Å². The molecule has 0 aromatic carbocycles. The molecule has 0 aromatic rings. The van der Waals surface area contributed by atoms with Crippen LogP contribution >= 0.6 is 40.0 Å². The predicted octanol–water partition coefficient (Wildman–Crippen LogP) is 4.54. The van der Waals surface area contributed by atoms with Gasteiger partial charge in [0.15, 0.2) is 0 Å². The molecule has 10 heavy (non-hydrogen) atoms. The first-order chi connectivity index (χ1) is 4.85. The molecule has 0 unspecified atom stereocenters.